The molecule has 22 heavy (non-hydrogen) atoms. The first-order chi connectivity index (χ1) is 10.4. The number of carboxylic acid groups (broad SMARTS) is 1. The van der Waals surface area contributed by atoms with Gasteiger partial charge in [-0.25, -0.2) is 17.9 Å². The number of nitrogens with one attached hydrogen (secondary N) is 1. The van der Waals surface area contributed by atoms with Crippen LogP contribution in [0.5, 0.6) is 0 Å². The highest BCUT2D eigenvalue weighted by Crippen LogP contribution is 2.20. The van der Waals surface area contributed by atoms with E-state index in [4.69, 9.17) is 0 Å². The Hall–Kier alpha value is -1.93. The first-order valence-electron chi connectivity index (χ1n) is 6.94. The van der Waals surface area contributed by atoms with Crippen LogP contribution in [0, 0.1) is 0 Å². The Bertz CT molecular complexity index is 669. The number of carboxylic acids is 1. The standard InChI is InChI=1S/C14H18N2O5S/c1-15-22(20,21)11-7-5-10(6-8-11)13(17)16-9-3-2-4-12(16)14(18)19/h5-8,12,15H,2-4,9H2,1H3,(H,18,19)/t12-/m1/s1. The Labute approximate surface area is 129 Å². The number of carbonyl (C=O) groups is 2. The second-order valence-corrected chi connectivity index (χ2v) is 6.97. The minimum absolute atomic E-state index is 0.0555. The van der Waals surface area contributed by atoms with E-state index >= 15 is 0 Å². The summed E-state index contributed by atoms with van der Waals surface area (Å²) in [6.45, 7) is 0.395. The van der Waals surface area contributed by atoms with Crippen molar-refractivity contribution in [2.24, 2.45) is 0 Å². The smallest absolute Gasteiger partial charge is 0.326 e. The number of likely N-dealkylation sites (tertiary alicyclic amines) is 1. The topological polar surface area (TPSA) is 104 Å². The molecule has 8 heteroatoms. The lowest BCUT2D eigenvalue weighted by molar-refractivity contribution is -0.143. The van der Waals surface area contributed by atoms with E-state index in [0.29, 0.717) is 13.0 Å². The van der Waals surface area contributed by atoms with Gasteiger partial charge in [-0.3, -0.25) is 4.79 Å². The first kappa shape index (κ1) is 16.4. The number of hydrogen-bond donors (Lipinski definition) is 2. The van der Waals surface area contributed by atoms with Gasteiger partial charge in [-0.1, -0.05) is 0 Å². The molecule has 0 aromatic heterocycles. The number of hydrogen-bond acceptors (Lipinski definition) is 4. The lowest BCUT2D eigenvalue weighted by atomic mass is 10.0. The second-order valence-electron chi connectivity index (χ2n) is 5.08. The maximum atomic E-state index is 12.4. The van der Waals surface area contributed by atoms with Gasteiger partial charge in [0.2, 0.25) is 10.0 Å². The van der Waals surface area contributed by atoms with Crippen LogP contribution in [0.4, 0.5) is 0 Å². The van der Waals surface area contributed by atoms with E-state index in [-0.39, 0.29) is 16.4 Å². The van der Waals surface area contributed by atoms with Gasteiger partial charge >= 0.3 is 5.97 Å². The van der Waals surface area contributed by atoms with Crippen LogP contribution in [0.1, 0.15) is 29.6 Å². The molecule has 120 valence electrons. The van der Waals surface area contributed by atoms with E-state index in [0.717, 1.165) is 12.8 Å². The third-order valence-corrected chi connectivity index (χ3v) is 5.16. The maximum Gasteiger partial charge on any atom is 0.326 e. The van der Waals surface area contributed by atoms with Crippen molar-refractivity contribution in [1.29, 1.82) is 0 Å². The molecule has 1 fully saturated rings. The molecular weight excluding hydrogens is 308 g/mol. The number of aliphatic carboxylic acids is 1. The lowest BCUT2D eigenvalue weighted by Gasteiger charge is -2.33. The highest BCUT2D eigenvalue weighted by molar-refractivity contribution is 7.89. The van der Waals surface area contributed by atoms with Gasteiger partial charge < -0.3 is 10.0 Å². The van der Waals surface area contributed by atoms with E-state index in [2.05, 4.69) is 4.72 Å². The summed E-state index contributed by atoms with van der Waals surface area (Å²) < 4.78 is 25.5. The van der Waals surface area contributed by atoms with E-state index in [9.17, 15) is 23.1 Å². The van der Waals surface area contributed by atoms with Crippen LogP contribution < -0.4 is 4.72 Å². The van der Waals surface area contributed by atoms with Crippen molar-refractivity contribution in [3.63, 3.8) is 0 Å². The number of piperidine rings is 1. The van der Waals surface area contributed by atoms with Gasteiger partial charge in [-0.2, -0.15) is 0 Å². The minimum atomic E-state index is -3.56. The normalized spacial score (nSPS) is 19.0. The molecule has 2 rings (SSSR count). The quantitative estimate of drug-likeness (QED) is 0.846. The van der Waals surface area contributed by atoms with Crippen molar-refractivity contribution >= 4 is 21.9 Å². The van der Waals surface area contributed by atoms with Crippen molar-refractivity contribution in [3.8, 4) is 0 Å². The molecule has 0 aliphatic carbocycles. The molecule has 1 saturated heterocycles. The van der Waals surface area contributed by atoms with Gasteiger partial charge in [0, 0.05) is 12.1 Å². The fourth-order valence-corrected chi connectivity index (χ4v) is 3.22. The number of benzene rings is 1. The van der Waals surface area contributed by atoms with E-state index < -0.39 is 22.0 Å². The Balaban J connectivity index is 2.24. The second kappa shape index (κ2) is 6.45. The van der Waals surface area contributed by atoms with Crippen LogP contribution in [0.2, 0.25) is 0 Å². The summed E-state index contributed by atoms with van der Waals surface area (Å²) in [5.41, 5.74) is 0.281. The van der Waals surface area contributed by atoms with Crippen molar-refractivity contribution in [2.45, 2.75) is 30.2 Å². The molecule has 1 aliphatic rings. The first-order valence-corrected chi connectivity index (χ1v) is 8.42. The average Bonchev–Trinajstić information content (AvgIpc) is 2.54. The number of carbonyl (C=O) groups excluding carboxylic acids is 1. The Morgan fingerprint density at radius 1 is 1.23 bits per heavy atom. The highest BCUT2D eigenvalue weighted by atomic mass is 32.2. The van der Waals surface area contributed by atoms with E-state index in [1.165, 1.54) is 36.2 Å². The molecule has 2 N–H and O–H groups in total. The Morgan fingerprint density at radius 2 is 1.86 bits per heavy atom. The molecule has 0 radical (unpaired) electrons. The minimum Gasteiger partial charge on any atom is -0.480 e. The van der Waals surface area contributed by atoms with Crippen molar-refractivity contribution < 1.29 is 23.1 Å². The predicted molar refractivity (Wildman–Crippen MR) is 79.0 cm³/mol. The van der Waals surface area contributed by atoms with Gasteiger partial charge in [-0.15, -0.1) is 0 Å². The summed E-state index contributed by atoms with van der Waals surface area (Å²) >= 11 is 0. The summed E-state index contributed by atoms with van der Waals surface area (Å²) in [4.78, 5) is 25.1. The molecule has 1 aromatic rings. The van der Waals surface area contributed by atoms with E-state index in [1.54, 1.807) is 0 Å². The molecular formula is C14H18N2O5S. The molecule has 0 unspecified atom stereocenters. The van der Waals surface area contributed by atoms with Gasteiger partial charge in [0.15, 0.2) is 0 Å². The third-order valence-electron chi connectivity index (χ3n) is 3.73. The zero-order valence-corrected chi connectivity index (χ0v) is 13.0. The summed E-state index contributed by atoms with van der Waals surface area (Å²) in [6.07, 6.45) is 1.98. The fraction of sp³-hybridized carbons (Fsp3) is 0.429. The predicted octanol–water partition coefficient (Wildman–Crippen LogP) is 0.674. The summed E-state index contributed by atoms with van der Waals surface area (Å²) in [7, 11) is -2.25. The third kappa shape index (κ3) is 3.28. The van der Waals surface area contributed by atoms with Crippen LogP contribution in [-0.2, 0) is 14.8 Å². The molecule has 7 nitrogen and oxygen atoms in total. The fourth-order valence-electron chi connectivity index (χ4n) is 2.49. The molecule has 0 saturated carbocycles. The highest BCUT2D eigenvalue weighted by Gasteiger charge is 2.32. The average molecular weight is 326 g/mol. The molecule has 1 aromatic carbocycles. The molecule has 1 aliphatic heterocycles. The Kier molecular flexibility index (Phi) is 4.82. The van der Waals surface area contributed by atoms with Crippen molar-refractivity contribution in [3.05, 3.63) is 29.8 Å². The van der Waals surface area contributed by atoms with Gasteiger partial charge in [-0.05, 0) is 50.6 Å². The number of amides is 1. The number of rotatable bonds is 4. The summed E-state index contributed by atoms with van der Waals surface area (Å²) in [6, 6.07) is 4.65. The molecule has 1 atom stereocenters. The van der Waals surface area contributed by atoms with Gasteiger partial charge in [0.1, 0.15) is 6.04 Å². The zero-order chi connectivity index (χ0) is 16.3. The Morgan fingerprint density at radius 3 is 2.41 bits per heavy atom. The summed E-state index contributed by atoms with van der Waals surface area (Å²) in [5, 5.41) is 9.21. The van der Waals surface area contributed by atoms with Crippen molar-refractivity contribution in [2.75, 3.05) is 13.6 Å². The van der Waals surface area contributed by atoms with Crippen LogP contribution in [0.25, 0.3) is 0 Å². The zero-order valence-electron chi connectivity index (χ0n) is 12.2. The van der Waals surface area contributed by atoms with Gasteiger partial charge in [0.25, 0.3) is 5.91 Å². The van der Waals surface area contributed by atoms with Gasteiger partial charge in [0.05, 0.1) is 4.90 Å². The largest absolute Gasteiger partial charge is 0.480 e. The SMILES string of the molecule is CNS(=O)(=O)c1ccc(C(=O)N2CCCC[C@@H]2C(=O)O)cc1. The van der Waals surface area contributed by atoms with Crippen LogP contribution >= 0.6 is 0 Å². The van der Waals surface area contributed by atoms with Crippen LogP contribution in [0.3, 0.4) is 0 Å². The maximum absolute atomic E-state index is 12.4. The molecule has 1 heterocycles. The lowest BCUT2D eigenvalue weighted by Crippen LogP contribution is -2.47. The molecule has 1 amide bonds. The molecule has 0 bridgehead atoms. The monoisotopic (exact) mass is 326 g/mol. The number of nitrogens with zero attached hydrogens (tertiary/aromatic N) is 1. The number of sulfonamides is 1. The van der Waals surface area contributed by atoms with Crippen LogP contribution in [-0.4, -0.2) is 49.9 Å². The van der Waals surface area contributed by atoms with Crippen molar-refractivity contribution in [1.82, 2.24) is 9.62 Å². The summed E-state index contributed by atoms with van der Waals surface area (Å²) in [5.74, 6) is -1.40. The van der Waals surface area contributed by atoms with E-state index in [1.807, 2.05) is 0 Å². The van der Waals surface area contributed by atoms with Crippen LogP contribution in [0.15, 0.2) is 29.2 Å². The molecule has 0 spiro atoms.